The highest BCUT2D eigenvalue weighted by Crippen LogP contribution is 2.36. The molecule has 0 aliphatic heterocycles. The Morgan fingerprint density at radius 1 is 1.31 bits per heavy atom. The Bertz CT molecular complexity index is 236. The van der Waals surface area contributed by atoms with Crippen LogP contribution < -0.4 is 5.73 Å². The van der Waals surface area contributed by atoms with E-state index in [2.05, 4.69) is 33.9 Å². The van der Waals surface area contributed by atoms with Crippen molar-refractivity contribution in [2.45, 2.75) is 45.8 Å². The fourth-order valence-electron chi connectivity index (χ4n) is 0.840. The first kappa shape index (κ1) is 15.4. The van der Waals surface area contributed by atoms with Crippen LogP contribution >= 0.6 is 0 Å². The largest absolute Gasteiger partial charge is 0.449 e. The highest BCUT2D eigenvalue weighted by atomic mass is 28.4. The van der Waals surface area contributed by atoms with E-state index in [1.807, 2.05) is 6.92 Å². The zero-order chi connectivity index (χ0) is 13.0. The molecule has 0 aromatic carbocycles. The summed E-state index contributed by atoms with van der Waals surface area (Å²) in [6.45, 7) is 13.9. The molecule has 96 valence electrons. The summed E-state index contributed by atoms with van der Waals surface area (Å²) in [5.74, 6) is 0.182. The summed E-state index contributed by atoms with van der Waals surface area (Å²) in [5, 5.41) is 0.206. The highest BCUT2D eigenvalue weighted by Gasteiger charge is 2.37. The highest BCUT2D eigenvalue weighted by molar-refractivity contribution is 6.74. The smallest absolute Gasteiger partial charge is 0.404 e. The van der Waals surface area contributed by atoms with Gasteiger partial charge in [0.05, 0.1) is 6.61 Å². The Morgan fingerprint density at radius 3 is 2.19 bits per heavy atom. The molecule has 1 amide bonds. The van der Waals surface area contributed by atoms with E-state index in [1.54, 1.807) is 0 Å². The molecule has 0 radical (unpaired) electrons. The quantitative estimate of drug-likeness (QED) is 0.760. The molecule has 0 saturated heterocycles. The maximum absolute atomic E-state index is 10.4. The zero-order valence-corrected chi connectivity index (χ0v) is 12.3. The molecular formula is C11H25NO3Si. The third kappa shape index (κ3) is 5.51. The van der Waals surface area contributed by atoms with Crippen LogP contribution in [0.1, 0.15) is 27.7 Å². The third-order valence-corrected chi connectivity index (χ3v) is 7.55. The van der Waals surface area contributed by atoms with Crippen LogP contribution in [-0.4, -0.2) is 27.6 Å². The van der Waals surface area contributed by atoms with Crippen LogP contribution in [0.2, 0.25) is 18.1 Å². The Hall–Kier alpha value is -0.553. The van der Waals surface area contributed by atoms with Crippen molar-refractivity contribution in [3.63, 3.8) is 0 Å². The van der Waals surface area contributed by atoms with E-state index in [4.69, 9.17) is 14.9 Å². The number of nitrogens with two attached hydrogens (primary N) is 1. The van der Waals surface area contributed by atoms with Gasteiger partial charge in [-0.2, -0.15) is 0 Å². The normalized spacial score (nSPS) is 14.6. The number of rotatable bonds is 5. The van der Waals surface area contributed by atoms with Gasteiger partial charge in [0.25, 0.3) is 0 Å². The minimum atomic E-state index is -1.70. The van der Waals surface area contributed by atoms with Crippen LogP contribution in [0.25, 0.3) is 0 Å². The van der Waals surface area contributed by atoms with Gasteiger partial charge in [0, 0.05) is 12.5 Å². The number of ether oxygens (including phenoxy) is 1. The van der Waals surface area contributed by atoms with Crippen LogP contribution in [-0.2, 0) is 9.16 Å². The van der Waals surface area contributed by atoms with Crippen LogP contribution in [0.3, 0.4) is 0 Å². The van der Waals surface area contributed by atoms with E-state index in [9.17, 15) is 4.79 Å². The van der Waals surface area contributed by atoms with Gasteiger partial charge in [-0.05, 0) is 18.1 Å². The van der Waals surface area contributed by atoms with Crippen LogP contribution in [0.4, 0.5) is 4.79 Å². The van der Waals surface area contributed by atoms with Gasteiger partial charge in [-0.15, -0.1) is 0 Å². The fraction of sp³-hybridized carbons (Fsp3) is 0.909. The van der Waals surface area contributed by atoms with Crippen molar-refractivity contribution in [3.8, 4) is 0 Å². The predicted molar refractivity (Wildman–Crippen MR) is 67.8 cm³/mol. The number of carbonyl (C=O) groups excluding carboxylic acids is 1. The molecule has 0 heterocycles. The van der Waals surface area contributed by atoms with E-state index in [1.165, 1.54) is 0 Å². The minimum Gasteiger partial charge on any atom is -0.449 e. The summed E-state index contributed by atoms with van der Waals surface area (Å²) in [6.07, 6.45) is -0.723. The molecule has 0 aromatic heterocycles. The van der Waals surface area contributed by atoms with Gasteiger partial charge in [0.1, 0.15) is 0 Å². The van der Waals surface area contributed by atoms with Crippen molar-refractivity contribution in [1.82, 2.24) is 0 Å². The molecule has 0 spiro atoms. The van der Waals surface area contributed by atoms with Crippen molar-refractivity contribution in [1.29, 1.82) is 0 Å². The van der Waals surface area contributed by atoms with Crippen molar-refractivity contribution < 1.29 is 14.0 Å². The lowest BCUT2D eigenvalue weighted by Crippen LogP contribution is -2.42. The summed E-state index contributed by atoms with van der Waals surface area (Å²) in [5.41, 5.74) is 4.90. The molecule has 0 fully saturated rings. The lowest BCUT2D eigenvalue weighted by molar-refractivity contribution is 0.119. The van der Waals surface area contributed by atoms with Crippen LogP contribution in [0, 0.1) is 5.92 Å². The molecule has 0 rings (SSSR count). The molecule has 0 aliphatic rings. The lowest BCUT2D eigenvalue weighted by Gasteiger charge is -2.36. The molecule has 0 bridgehead atoms. The summed E-state index contributed by atoms with van der Waals surface area (Å²) < 4.78 is 10.7. The van der Waals surface area contributed by atoms with Gasteiger partial charge >= 0.3 is 6.09 Å². The predicted octanol–water partition coefficient (Wildman–Crippen LogP) is 2.74. The van der Waals surface area contributed by atoms with Crippen molar-refractivity contribution in [2.75, 3.05) is 13.2 Å². The van der Waals surface area contributed by atoms with Crippen LogP contribution in [0.15, 0.2) is 0 Å². The molecule has 16 heavy (non-hydrogen) atoms. The summed E-state index contributed by atoms with van der Waals surface area (Å²) in [6, 6.07) is 0. The van der Waals surface area contributed by atoms with Crippen molar-refractivity contribution in [3.05, 3.63) is 0 Å². The van der Waals surface area contributed by atoms with Crippen molar-refractivity contribution in [2.24, 2.45) is 11.7 Å². The summed E-state index contributed by atoms with van der Waals surface area (Å²) >= 11 is 0. The summed E-state index contributed by atoms with van der Waals surface area (Å²) in [7, 11) is -1.70. The molecule has 0 aliphatic carbocycles. The average molecular weight is 247 g/mol. The Labute approximate surface area is 99.6 Å². The average Bonchev–Trinajstić information content (AvgIpc) is 2.09. The standard InChI is InChI=1S/C11H25NO3Si/c1-9(7-14-10(12)13)8-15-16(5,6)11(2,3)4/h9H,7-8H2,1-6H3,(H2,12,13). The van der Waals surface area contributed by atoms with Gasteiger partial charge in [0.15, 0.2) is 8.32 Å². The van der Waals surface area contributed by atoms with Gasteiger partial charge in [0.2, 0.25) is 0 Å². The van der Waals surface area contributed by atoms with E-state index in [0.29, 0.717) is 13.2 Å². The number of hydrogen-bond donors (Lipinski definition) is 1. The number of primary amides is 1. The monoisotopic (exact) mass is 247 g/mol. The summed E-state index contributed by atoms with van der Waals surface area (Å²) in [4.78, 5) is 10.4. The molecule has 1 atom stereocenters. The minimum absolute atomic E-state index is 0.182. The van der Waals surface area contributed by atoms with Gasteiger partial charge in [-0.25, -0.2) is 4.79 Å². The maximum Gasteiger partial charge on any atom is 0.404 e. The number of carbonyl (C=O) groups is 1. The lowest BCUT2D eigenvalue weighted by atomic mass is 10.2. The van der Waals surface area contributed by atoms with Gasteiger partial charge in [-0.1, -0.05) is 27.7 Å². The molecular weight excluding hydrogens is 222 g/mol. The van der Waals surface area contributed by atoms with E-state index < -0.39 is 14.4 Å². The molecule has 0 aromatic rings. The van der Waals surface area contributed by atoms with Gasteiger partial charge < -0.3 is 14.9 Å². The molecule has 1 unspecified atom stereocenters. The third-order valence-electron chi connectivity index (χ3n) is 3.04. The second-order valence-electron chi connectivity index (χ2n) is 5.81. The van der Waals surface area contributed by atoms with Crippen molar-refractivity contribution >= 4 is 14.4 Å². The molecule has 4 nitrogen and oxygen atoms in total. The second kappa shape index (κ2) is 5.68. The van der Waals surface area contributed by atoms with E-state index in [0.717, 1.165) is 0 Å². The molecule has 2 N–H and O–H groups in total. The SMILES string of the molecule is CC(COC(N)=O)CO[Si](C)(C)C(C)(C)C. The van der Waals surface area contributed by atoms with Gasteiger partial charge in [-0.3, -0.25) is 0 Å². The van der Waals surface area contributed by atoms with Crippen LogP contribution in [0.5, 0.6) is 0 Å². The first-order valence-electron chi connectivity index (χ1n) is 5.62. The number of hydrogen-bond acceptors (Lipinski definition) is 3. The maximum atomic E-state index is 10.4. The Morgan fingerprint density at radius 2 is 1.81 bits per heavy atom. The molecule has 0 saturated carbocycles. The Balaban J connectivity index is 4.00. The Kier molecular flexibility index (Phi) is 5.48. The first-order valence-corrected chi connectivity index (χ1v) is 8.53. The number of amides is 1. The fourth-order valence-corrected chi connectivity index (χ4v) is 1.97. The first-order chi connectivity index (χ1) is 7.06. The second-order valence-corrected chi connectivity index (χ2v) is 10.6. The van der Waals surface area contributed by atoms with E-state index in [-0.39, 0.29) is 11.0 Å². The molecule has 5 heteroatoms. The zero-order valence-electron chi connectivity index (χ0n) is 11.3. The van der Waals surface area contributed by atoms with E-state index >= 15 is 0 Å². The topological polar surface area (TPSA) is 61.5 Å².